The summed E-state index contributed by atoms with van der Waals surface area (Å²) in [6.45, 7) is 1.87. The molecule has 0 bridgehead atoms. The van der Waals surface area contributed by atoms with Crippen LogP contribution in [-0.2, 0) is 0 Å². The predicted octanol–water partition coefficient (Wildman–Crippen LogP) is 4.21. The van der Waals surface area contributed by atoms with Crippen LogP contribution in [0.1, 0.15) is 5.69 Å². The normalized spacial score (nSPS) is 10.6. The van der Waals surface area contributed by atoms with Crippen LogP contribution in [0.5, 0.6) is 0 Å². The van der Waals surface area contributed by atoms with Crippen molar-refractivity contribution in [2.75, 3.05) is 5.73 Å². The van der Waals surface area contributed by atoms with Crippen LogP contribution in [0.15, 0.2) is 27.1 Å². The standard InChI is InChI=1S/C11H8Br2ClN3/c1-5-9(13)10(15)17-11(16-5)6-2-3-8(14)7(12)4-6/h2-4H,1H3,(H2,15,16,17). The van der Waals surface area contributed by atoms with Gasteiger partial charge >= 0.3 is 0 Å². The molecule has 1 heterocycles. The molecule has 0 spiro atoms. The second kappa shape index (κ2) is 4.92. The van der Waals surface area contributed by atoms with E-state index in [9.17, 15) is 0 Å². The molecule has 0 aliphatic carbocycles. The number of aromatic nitrogens is 2. The van der Waals surface area contributed by atoms with Gasteiger partial charge in [-0.1, -0.05) is 11.6 Å². The first-order chi connectivity index (χ1) is 7.99. The highest BCUT2D eigenvalue weighted by Crippen LogP contribution is 2.29. The first-order valence-electron chi connectivity index (χ1n) is 4.74. The zero-order valence-electron chi connectivity index (χ0n) is 8.84. The summed E-state index contributed by atoms with van der Waals surface area (Å²) in [6.07, 6.45) is 0. The second-order valence-corrected chi connectivity index (χ2v) is 5.52. The third-order valence-corrected chi connectivity index (χ3v) is 4.41. The fourth-order valence-electron chi connectivity index (χ4n) is 1.35. The van der Waals surface area contributed by atoms with Gasteiger partial charge in [0.05, 0.1) is 15.2 Å². The Hall–Kier alpha value is -0.650. The fraction of sp³-hybridized carbons (Fsp3) is 0.0909. The molecule has 0 radical (unpaired) electrons. The number of benzene rings is 1. The Bertz CT molecular complexity index is 564. The molecule has 0 saturated heterocycles. The van der Waals surface area contributed by atoms with E-state index in [0.29, 0.717) is 16.7 Å². The highest BCUT2D eigenvalue weighted by atomic mass is 79.9. The van der Waals surface area contributed by atoms with Crippen LogP contribution in [0.25, 0.3) is 11.4 Å². The second-order valence-electron chi connectivity index (χ2n) is 3.46. The number of hydrogen-bond acceptors (Lipinski definition) is 3. The molecule has 0 fully saturated rings. The lowest BCUT2D eigenvalue weighted by Gasteiger charge is -2.06. The zero-order chi connectivity index (χ0) is 12.6. The summed E-state index contributed by atoms with van der Waals surface area (Å²) in [7, 11) is 0. The number of nitrogens with two attached hydrogens (primary N) is 1. The smallest absolute Gasteiger partial charge is 0.161 e. The van der Waals surface area contributed by atoms with Gasteiger partial charge in [-0.3, -0.25) is 0 Å². The first kappa shape index (κ1) is 12.8. The molecule has 0 unspecified atom stereocenters. The van der Waals surface area contributed by atoms with Gasteiger partial charge in [0.25, 0.3) is 0 Å². The van der Waals surface area contributed by atoms with Crippen molar-refractivity contribution < 1.29 is 0 Å². The van der Waals surface area contributed by atoms with Gasteiger partial charge in [0, 0.05) is 10.0 Å². The van der Waals surface area contributed by atoms with Crippen molar-refractivity contribution in [3.63, 3.8) is 0 Å². The van der Waals surface area contributed by atoms with E-state index >= 15 is 0 Å². The minimum Gasteiger partial charge on any atom is -0.383 e. The summed E-state index contributed by atoms with van der Waals surface area (Å²) in [5, 5.41) is 0.649. The molecular formula is C11H8Br2ClN3. The van der Waals surface area contributed by atoms with Crippen molar-refractivity contribution in [3.05, 3.63) is 37.9 Å². The molecule has 0 atom stereocenters. The summed E-state index contributed by atoms with van der Waals surface area (Å²) in [4.78, 5) is 8.60. The molecule has 6 heteroatoms. The maximum Gasteiger partial charge on any atom is 0.161 e. The zero-order valence-corrected chi connectivity index (χ0v) is 12.8. The Morgan fingerprint density at radius 1 is 1.24 bits per heavy atom. The summed E-state index contributed by atoms with van der Waals surface area (Å²) < 4.78 is 1.54. The van der Waals surface area contributed by atoms with Crippen LogP contribution in [0.2, 0.25) is 5.02 Å². The summed E-state index contributed by atoms with van der Waals surface area (Å²) in [5.74, 6) is 1.01. The van der Waals surface area contributed by atoms with Crippen molar-refractivity contribution in [1.82, 2.24) is 9.97 Å². The lowest BCUT2D eigenvalue weighted by molar-refractivity contribution is 1.10. The molecule has 17 heavy (non-hydrogen) atoms. The SMILES string of the molecule is Cc1nc(-c2ccc(Cl)c(Br)c2)nc(N)c1Br. The number of nitrogens with zero attached hydrogens (tertiary/aromatic N) is 2. The van der Waals surface area contributed by atoms with E-state index in [1.807, 2.05) is 19.1 Å². The Labute approximate surface area is 121 Å². The largest absolute Gasteiger partial charge is 0.383 e. The minimum atomic E-state index is 0.429. The minimum absolute atomic E-state index is 0.429. The quantitative estimate of drug-likeness (QED) is 0.810. The van der Waals surface area contributed by atoms with Gasteiger partial charge < -0.3 is 5.73 Å². The van der Waals surface area contributed by atoms with Crippen LogP contribution in [0.4, 0.5) is 5.82 Å². The number of halogens is 3. The predicted molar refractivity (Wildman–Crippen MR) is 77.0 cm³/mol. The van der Waals surface area contributed by atoms with Crippen molar-refractivity contribution in [1.29, 1.82) is 0 Å². The molecule has 2 N–H and O–H groups in total. The van der Waals surface area contributed by atoms with Crippen molar-refractivity contribution in [2.45, 2.75) is 6.92 Å². The van der Waals surface area contributed by atoms with Crippen LogP contribution in [0, 0.1) is 6.92 Å². The van der Waals surface area contributed by atoms with Crippen LogP contribution < -0.4 is 5.73 Å². The van der Waals surface area contributed by atoms with Crippen molar-refractivity contribution in [3.8, 4) is 11.4 Å². The van der Waals surface area contributed by atoms with E-state index in [-0.39, 0.29) is 0 Å². The van der Waals surface area contributed by atoms with E-state index in [0.717, 1.165) is 20.2 Å². The molecule has 2 rings (SSSR count). The van der Waals surface area contributed by atoms with Gasteiger partial charge in [0.15, 0.2) is 5.82 Å². The Balaban J connectivity index is 2.57. The first-order valence-corrected chi connectivity index (χ1v) is 6.70. The van der Waals surface area contributed by atoms with Crippen molar-refractivity contribution >= 4 is 49.3 Å². The van der Waals surface area contributed by atoms with Gasteiger partial charge in [-0.05, 0) is 57.0 Å². The molecule has 1 aromatic carbocycles. The van der Waals surface area contributed by atoms with E-state index in [1.165, 1.54) is 0 Å². The summed E-state index contributed by atoms with van der Waals surface area (Å²) >= 11 is 12.6. The van der Waals surface area contributed by atoms with Crippen LogP contribution in [-0.4, -0.2) is 9.97 Å². The van der Waals surface area contributed by atoms with E-state index in [1.54, 1.807) is 6.07 Å². The highest BCUT2D eigenvalue weighted by Gasteiger charge is 2.09. The van der Waals surface area contributed by atoms with Crippen LogP contribution in [0.3, 0.4) is 0 Å². The average molecular weight is 377 g/mol. The average Bonchev–Trinajstić information content (AvgIpc) is 2.29. The number of aryl methyl sites for hydroxylation is 1. The van der Waals surface area contributed by atoms with Gasteiger partial charge in [-0.25, -0.2) is 9.97 Å². The Kier molecular flexibility index (Phi) is 3.70. The van der Waals surface area contributed by atoms with Gasteiger partial charge in [0.1, 0.15) is 5.82 Å². The third-order valence-electron chi connectivity index (χ3n) is 2.22. The van der Waals surface area contributed by atoms with E-state index in [2.05, 4.69) is 41.8 Å². The number of rotatable bonds is 1. The fourth-order valence-corrected chi connectivity index (χ4v) is 2.02. The number of nitrogen functional groups attached to an aromatic ring is 1. The lowest BCUT2D eigenvalue weighted by Crippen LogP contribution is -2.00. The number of anilines is 1. The lowest BCUT2D eigenvalue weighted by atomic mass is 10.2. The summed E-state index contributed by atoms with van der Waals surface area (Å²) in [6, 6.07) is 5.51. The maximum atomic E-state index is 5.94. The molecule has 88 valence electrons. The monoisotopic (exact) mass is 375 g/mol. The Morgan fingerprint density at radius 3 is 2.53 bits per heavy atom. The van der Waals surface area contributed by atoms with E-state index in [4.69, 9.17) is 17.3 Å². The van der Waals surface area contributed by atoms with Gasteiger partial charge in [-0.2, -0.15) is 0 Å². The molecule has 3 nitrogen and oxygen atoms in total. The van der Waals surface area contributed by atoms with Crippen LogP contribution >= 0.6 is 43.5 Å². The molecule has 0 aliphatic heterocycles. The van der Waals surface area contributed by atoms with Crippen molar-refractivity contribution in [2.24, 2.45) is 0 Å². The molecule has 0 aliphatic rings. The Morgan fingerprint density at radius 2 is 1.94 bits per heavy atom. The molecule has 0 saturated carbocycles. The number of hydrogen-bond donors (Lipinski definition) is 1. The molecular weight excluding hydrogens is 369 g/mol. The summed E-state index contributed by atoms with van der Waals surface area (Å²) in [5.41, 5.74) is 7.46. The molecule has 2 aromatic rings. The third kappa shape index (κ3) is 2.61. The molecule has 1 aromatic heterocycles. The maximum absolute atomic E-state index is 5.94. The van der Waals surface area contributed by atoms with Gasteiger partial charge in [0.2, 0.25) is 0 Å². The topological polar surface area (TPSA) is 51.8 Å². The highest BCUT2D eigenvalue weighted by molar-refractivity contribution is 9.11. The molecule has 0 amide bonds. The van der Waals surface area contributed by atoms with E-state index < -0.39 is 0 Å². The van der Waals surface area contributed by atoms with Gasteiger partial charge in [-0.15, -0.1) is 0 Å².